The fraction of sp³-hybridized carbons (Fsp3) is 0.410. The zero-order chi connectivity index (χ0) is 38.2. The van der Waals surface area contributed by atoms with Crippen molar-refractivity contribution >= 4 is 30.0 Å². The zero-order valence-corrected chi connectivity index (χ0v) is 30.2. The summed E-state index contributed by atoms with van der Waals surface area (Å²) in [7, 11) is 1.15. The van der Waals surface area contributed by atoms with Gasteiger partial charge in [-0.2, -0.15) is 0 Å². The first-order valence-electron chi connectivity index (χ1n) is 17.1. The first-order valence-corrected chi connectivity index (χ1v) is 17.1. The molecule has 14 nitrogen and oxygen atoms in total. The maximum atomic E-state index is 13.2. The first kappa shape index (κ1) is 40.3. The molecule has 284 valence electrons. The predicted octanol–water partition coefficient (Wildman–Crippen LogP) is 4.90. The summed E-state index contributed by atoms with van der Waals surface area (Å²) >= 11 is 0. The quantitative estimate of drug-likeness (QED) is 0.136. The van der Waals surface area contributed by atoms with E-state index in [0.29, 0.717) is 17.9 Å². The maximum absolute atomic E-state index is 13.2. The zero-order valence-electron chi connectivity index (χ0n) is 30.2. The SMILES string of the molecule is COC(=O)[C@@]1(OCc2ccc(OCCN(Cc3ccccc3)C(=O)OCc3ccccc3)cc2)C[C@@H](OC(C)=O)[C@@H](OC(C)=O)C(CCOC(C)=O)O1. The highest BCUT2D eigenvalue weighted by Gasteiger charge is 2.56. The van der Waals surface area contributed by atoms with E-state index in [2.05, 4.69) is 0 Å². The molecule has 1 unspecified atom stereocenters. The number of hydrogen-bond donors (Lipinski definition) is 0. The van der Waals surface area contributed by atoms with Crippen LogP contribution in [0.1, 0.15) is 50.3 Å². The van der Waals surface area contributed by atoms with Crippen LogP contribution in [0.15, 0.2) is 84.9 Å². The van der Waals surface area contributed by atoms with Crippen LogP contribution in [0.3, 0.4) is 0 Å². The standard InChI is InChI=1S/C39H45NO13/c1-27(41)47-21-19-34-36(52-29(3)43)35(51-28(2)42)23-39(53-34,37(44)46-4)50-26-32-15-17-33(18-16-32)48-22-20-40(24-30-11-7-5-8-12-30)38(45)49-25-31-13-9-6-10-14-31/h5-18,34-36H,19-26H2,1-4H3/t34?,35-,36+,39-/m1/s1. The third kappa shape index (κ3) is 12.6. The Labute approximate surface area is 308 Å². The number of carbonyl (C=O) groups excluding carboxylic acids is 5. The smallest absolute Gasteiger partial charge is 0.410 e. The molecule has 1 fully saturated rings. The minimum Gasteiger partial charge on any atom is -0.492 e. The molecular weight excluding hydrogens is 690 g/mol. The Kier molecular flexibility index (Phi) is 15.2. The van der Waals surface area contributed by atoms with E-state index in [1.165, 1.54) is 20.8 Å². The van der Waals surface area contributed by atoms with Crippen LogP contribution in [0.2, 0.25) is 0 Å². The van der Waals surface area contributed by atoms with Crippen molar-refractivity contribution in [2.24, 2.45) is 0 Å². The highest BCUT2D eigenvalue weighted by atomic mass is 16.7. The topological polar surface area (TPSA) is 162 Å². The summed E-state index contributed by atoms with van der Waals surface area (Å²) in [6.07, 6.45) is -4.20. The van der Waals surface area contributed by atoms with Crippen LogP contribution in [-0.4, -0.2) is 85.8 Å². The molecule has 0 N–H and O–H groups in total. The number of ether oxygens (including phenoxy) is 8. The second kappa shape index (κ2) is 20.0. The second-order valence-electron chi connectivity index (χ2n) is 12.2. The average molecular weight is 736 g/mol. The Morgan fingerprint density at radius 3 is 1.96 bits per heavy atom. The van der Waals surface area contributed by atoms with Gasteiger partial charge in [-0.3, -0.25) is 14.4 Å². The lowest BCUT2D eigenvalue weighted by Gasteiger charge is -2.45. The molecule has 0 aromatic heterocycles. The van der Waals surface area contributed by atoms with Gasteiger partial charge in [0.1, 0.15) is 31.2 Å². The van der Waals surface area contributed by atoms with Gasteiger partial charge in [0, 0.05) is 33.7 Å². The molecule has 4 atom stereocenters. The lowest BCUT2D eigenvalue weighted by atomic mass is 9.93. The van der Waals surface area contributed by atoms with Crippen LogP contribution in [0.25, 0.3) is 0 Å². The Hall–Kier alpha value is -5.47. The van der Waals surface area contributed by atoms with Crippen molar-refractivity contribution in [1.82, 2.24) is 4.90 Å². The van der Waals surface area contributed by atoms with Crippen molar-refractivity contribution in [2.75, 3.05) is 26.9 Å². The fourth-order valence-electron chi connectivity index (χ4n) is 5.63. The number of methoxy groups -OCH3 is 1. The minimum absolute atomic E-state index is 0.0169. The van der Waals surface area contributed by atoms with E-state index in [0.717, 1.165) is 18.2 Å². The van der Waals surface area contributed by atoms with Crippen LogP contribution < -0.4 is 4.74 Å². The van der Waals surface area contributed by atoms with Gasteiger partial charge in [0.25, 0.3) is 5.79 Å². The Bertz CT molecular complexity index is 1650. The lowest BCUT2D eigenvalue weighted by molar-refractivity contribution is -0.318. The monoisotopic (exact) mass is 735 g/mol. The molecule has 0 radical (unpaired) electrons. The molecule has 1 aliphatic heterocycles. The van der Waals surface area contributed by atoms with Gasteiger partial charge in [-0.05, 0) is 28.8 Å². The van der Waals surface area contributed by atoms with E-state index in [1.807, 2.05) is 60.7 Å². The van der Waals surface area contributed by atoms with E-state index in [1.54, 1.807) is 29.2 Å². The molecular formula is C39H45NO13. The van der Waals surface area contributed by atoms with Gasteiger partial charge in [0.15, 0.2) is 6.10 Å². The van der Waals surface area contributed by atoms with Crippen LogP contribution >= 0.6 is 0 Å². The van der Waals surface area contributed by atoms with Gasteiger partial charge >= 0.3 is 30.0 Å². The van der Waals surface area contributed by atoms with Gasteiger partial charge in [-0.15, -0.1) is 0 Å². The maximum Gasteiger partial charge on any atom is 0.410 e. The molecule has 0 aliphatic carbocycles. The van der Waals surface area contributed by atoms with E-state index in [4.69, 9.17) is 37.9 Å². The summed E-state index contributed by atoms with van der Waals surface area (Å²) in [6, 6.07) is 25.9. The van der Waals surface area contributed by atoms with Crippen molar-refractivity contribution in [3.8, 4) is 5.75 Å². The van der Waals surface area contributed by atoms with Gasteiger partial charge in [0.2, 0.25) is 0 Å². The van der Waals surface area contributed by atoms with E-state index in [9.17, 15) is 24.0 Å². The van der Waals surface area contributed by atoms with Crippen molar-refractivity contribution < 1.29 is 61.9 Å². The van der Waals surface area contributed by atoms with Crippen LogP contribution in [0.5, 0.6) is 5.75 Å². The Morgan fingerprint density at radius 1 is 0.736 bits per heavy atom. The third-order valence-electron chi connectivity index (χ3n) is 8.07. The van der Waals surface area contributed by atoms with Crippen LogP contribution in [-0.2, 0) is 72.1 Å². The highest BCUT2D eigenvalue weighted by Crippen LogP contribution is 2.37. The molecule has 1 heterocycles. The van der Waals surface area contributed by atoms with Crippen LogP contribution in [0, 0.1) is 0 Å². The summed E-state index contributed by atoms with van der Waals surface area (Å²) in [5.41, 5.74) is 2.45. The number of nitrogens with zero attached hydrogens (tertiary/aromatic N) is 1. The Morgan fingerprint density at radius 2 is 1.36 bits per heavy atom. The normalized spacial score (nSPS) is 19.3. The summed E-state index contributed by atoms with van der Waals surface area (Å²) in [6.45, 7) is 4.22. The number of rotatable bonds is 17. The molecule has 0 saturated carbocycles. The summed E-state index contributed by atoms with van der Waals surface area (Å²) in [5, 5.41) is 0. The third-order valence-corrected chi connectivity index (χ3v) is 8.07. The van der Waals surface area contributed by atoms with Crippen molar-refractivity contribution in [3.63, 3.8) is 0 Å². The molecule has 1 saturated heterocycles. The molecule has 0 bridgehead atoms. The number of benzene rings is 3. The number of carbonyl (C=O) groups is 5. The number of esters is 4. The van der Waals surface area contributed by atoms with Gasteiger partial charge in [-0.25, -0.2) is 9.59 Å². The van der Waals surface area contributed by atoms with Crippen LogP contribution in [0.4, 0.5) is 4.79 Å². The molecule has 14 heteroatoms. The van der Waals surface area contributed by atoms with Gasteiger partial charge in [-0.1, -0.05) is 72.8 Å². The average Bonchev–Trinajstić information content (AvgIpc) is 3.14. The molecule has 0 spiro atoms. The first-order chi connectivity index (χ1) is 25.5. The van der Waals surface area contributed by atoms with Gasteiger partial charge < -0.3 is 42.8 Å². The molecule has 4 rings (SSSR count). The number of hydrogen-bond acceptors (Lipinski definition) is 13. The molecule has 3 aromatic rings. The molecule has 53 heavy (non-hydrogen) atoms. The minimum atomic E-state index is -2.07. The summed E-state index contributed by atoms with van der Waals surface area (Å²) < 4.78 is 44.8. The summed E-state index contributed by atoms with van der Waals surface area (Å²) in [4.78, 5) is 63.3. The lowest BCUT2D eigenvalue weighted by Crippen LogP contribution is -2.61. The molecule has 1 amide bonds. The van der Waals surface area contributed by atoms with Crippen molar-refractivity contribution in [2.45, 2.75) is 77.5 Å². The van der Waals surface area contributed by atoms with Crippen molar-refractivity contribution in [3.05, 3.63) is 102 Å². The predicted molar refractivity (Wildman–Crippen MR) is 187 cm³/mol. The van der Waals surface area contributed by atoms with E-state index < -0.39 is 54.1 Å². The van der Waals surface area contributed by atoms with E-state index in [-0.39, 0.29) is 45.8 Å². The largest absolute Gasteiger partial charge is 0.492 e. The second-order valence-corrected chi connectivity index (χ2v) is 12.2. The fourth-order valence-corrected chi connectivity index (χ4v) is 5.63. The van der Waals surface area contributed by atoms with Gasteiger partial charge in [0.05, 0.1) is 33.3 Å². The molecule has 3 aromatic carbocycles. The number of amides is 1. The molecule has 1 aliphatic rings. The summed E-state index contributed by atoms with van der Waals surface area (Å²) in [5.74, 6) is -4.36. The van der Waals surface area contributed by atoms with Crippen molar-refractivity contribution in [1.29, 1.82) is 0 Å². The van der Waals surface area contributed by atoms with E-state index >= 15 is 0 Å². The highest BCUT2D eigenvalue weighted by molar-refractivity contribution is 5.78. The Balaban J connectivity index is 1.41.